The van der Waals surface area contributed by atoms with E-state index >= 15 is 0 Å². The summed E-state index contributed by atoms with van der Waals surface area (Å²) in [6.07, 6.45) is 3.09. The van der Waals surface area contributed by atoms with Gasteiger partial charge in [-0.25, -0.2) is 0 Å². The fourth-order valence-electron chi connectivity index (χ4n) is 5.16. The van der Waals surface area contributed by atoms with Gasteiger partial charge in [-0.3, -0.25) is 14.4 Å². The van der Waals surface area contributed by atoms with Crippen LogP contribution in [0.1, 0.15) is 41.4 Å². The Balaban J connectivity index is 1.39. The molecule has 35 heavy (non-hydrogen) atoms. The van der Waals surface area contributed by atoms with E-state index in [2.05, 4.69) is 5.32 Å². The van der Waals surface area contributed by atoms with Gasteiger partial charge in [0.25, 0.3) is 5.91 Å². The summed E-state index contributed by atoms with van der Waals surface area (Å²) in [7, 11) is 3.13. The maximum Gasteiger partial charge on any atom is 0.257 e. The molecule has 1 atom stereocenters. The van der Waals surface area contributed by atoms with Crippen molar-refractivity contribution in [3.63, 3.8) is 0 Å². The van der Waals surface area contributed by atoms with Crippen molar-refractivity contribution in [1.82, 2.24) is 15.1 Å². The number of benzene rings is 1. The zero-order valence-electron chi connectivity index (χ0n) is 20.5. The number of thiophene rings is 1. The predicted molar refractivity (Wildman–Crippen MR) is 134 cm³/mol. The largest absolute Gasteiger partial charge is 0.497 e. The maximum atomic E-state index is 13.3. The summed E-state index contributed by atoms with van der Waals surface area (Å²) in [6, 6.07) is 8.64. The number of carbonyl (C=O) groups excluding carboxylic acids is 3. The van der Waals surface area contributed by atoms with Crippen molar-refractivity contribution in [2.75, 3.05) is 40.4 Å². The summed E-state index contributed by atoms with van der Waals surface area (Å²) in [4.78, 5) is 43.2. The molecule has 0 aliphatic carbocycles. The Hall–Kier alpha value is -3.07. The van der Waals surface area contributed by atoms with Gasteiger partial charge in [-0.15, -0.1) is 11.3 Å². The first-order chi connectivity index (χ1) is 16.8. The molecule has 2 fully saturated rings. The molecule has 1 spiro atoms. The van der Waals surface area contributed by atoms with E-state index in [0.29, 0.717) is 49.7 Å². The lowest BCUT2D eigenvalue weighted by molar-refractivity contribution is -0.135. The number of likely N-dealkylation sites (tertiary alicyclic amines) is 2. The van der Waals surface area contributed by atoms with Crippen LogP contribution in [0, 0.1) is 5.41 Å². The van der Waals surface area contributed by atoms with Crippen molar-refractivity contribution in [1.29, 1.82) is 0 Å². The van der Waals surface area contributed by atoms with Gasteiger partial charge < -0.3 is 24.6 Å². The zero-order chi connectivity index (χ0) is 25.0. The first kappa shape index (κ1) is 25.0. The Kier molecular flexibility index (Phi) is 7.64. The molecule has 1 aromatic carbocycles. The van der Waals surface area contributed by atoms with Crippen molar-refractivity contribution in [3.8, 4) is 11.5 Å². The fraction of sp³-hybridized carbons (Fsp3) is 0.500. The van der Waals surface area contributed by atoms with E-state index in [1.165, 1.54) is 6.92 Å². The van der Waals surface area contributed by atoms with Gasteiger partial charge in [0.1, 0.15) is 17.5 Å². The van der Waals surface area contributed by atoms with Gasteiger partial charge in [0.05, 0.1) is 19.8 Å². The van der Waals surface area contributed by atoms with E-state index < -0.39 is 6.04 Å². The van der Waals surface area contributed by atoms with E-state index in [-0.39, 0.29) is 23.1 Å². The van der Waals surface area contributed by atoms with Gasteiger partial charge in [0.2, 0.25) is 11.8 Å². The number of methoxy groups -OCH3 is 2. The van der Waals surface area contributed by atoms with Crippen LogP contribution in [-0.4, -0.2) is 74.0 Å². The van der Waals surface area contributed by atoms with Gasteiger partial charge in [-0.2, -0.15) is 0 Å². The summed E-state index contributed by atoms with van der Waals surface area (Å²) in [5.41, 5.74) is 0.506. The second-order valence-electron chi connectivity index (χ2n) is 9.40. The summed E-state index contributed by atoms with van der Waals surface area (Å²) >= 11 is 1.59. The average molecular weight is 500 g/mol. The van der Waals surface area contributed by atoms with E-state index in [0.717, 1.165) is 24.1 Å². The first-order valence-electron chi connectivity index (χ1n) is 11.9. The Morgan fingerprint density at radius 1 is 1.06 bits per heavy atom. The molecule has 0 radical (unpaired) electrons. The van der Waals surface area contributed by atoms with Crippen molar-refractivity contribution in [2.45, 2.75) is 38.6 Å². The summed E-state index contributed by atoms with van der Waals surface area (Å²) in [5.74, 6) is 0.856. The number of hydrogen-bond acceptors (Lipinski definition) is 6. The first-order valence-corrected chi connectivity index (χ1v) is 12.8. The van der Waals surface area contributed by atoms with E-state index in [9.17, 15) is 14.4 Å². The molecule has 188 valence electrons. The predicted octanol–water partition coefficient (Wildman–Crippen LogP) is 2.97. The number of nitrogens with one attached hydrogen (secondary N) is 1. The van der Waals surface area contributed by atoms with Gasteiger partial charge in [0, 0.05) is 44.4 Å². The van der Waals surface area contributed by atoms with Crippen LogP contribution in [0.25, 0.3) is 0 Å². The quantitative estimate of drug-likeness (QED) is 0.633. The standard InChI is InChI=1S/C26H33N3O5S/c1-18(30)27-22(16-20-5-4-14-35-20)25(32)29-13-10-26(17-29)8-11-28(12-9-26)24(31)21-15-19(33-2)6-7-23(21)34-3/h4-7,14-15,22H,8-13,16-17H2,1-3H3,(H,27,30). The topological polar surface area (TPSA) is 88.2 Å². The van der Waals surface area contributed by atoms with Crippen molar-refractivity contribution in [2.24, 2.45) is 5.41 Å². The van der Waals surface area contributed by atoms with Crippen molar-refractivity contribution < 1.29 is 23.9 Å². The molecular weight excluding hydrogens is 466 g/mol. The summed E-state index contributed by atoms with van der Waals surface area (Å²) < 4.78 is 10.7. The van der Waals surface area contributed by atoms with Gasteiger partial charge in [-0.1, -0.05) is 6.07 Å². The van der Waals surface area contributed by atoms with Crippen LogP contribution < -0.4 is 14.8 Å². The minimum Gasteiger partial charge on any atom is -0.497 e. The molecule has 2 aliphatic rings. The van der Waals surface area contributed by atoms with Crippen LogP contribution in [0.3, 0.4) is 0 Å². The highest BCUT2D eigenvalue weighted by Gasteiger charge is 2.44. The third kappa shape index (κ3) is 5.61. The van der Waals surface area contributed by atoms with Crippen LogP contribution >= 0.6 is 11.3 Å². The number of rotatable bonds is 7. The smallest absolute Gasteiger partial charge is 0.257 e. The second kappa shape index (κ2) is 10.7. The average Bonchev–Trinajstić information content (AvgIpc) is 3.53. The number of ether oxygens (including phenoxy) is 2. The zero-order valence-corrected chi connectivity index (χ0v) is 21.4. The monoisotopic (exact) mass is 499 g/mol. The lowest BCUT2D eigenvalue weighted by Crippen LogP contribution is -2.50. The molecule has 9 heteroatoms. The molecule has 1 aromatic heterocycles. The van der Waals surface area contributed by atoms with Crippen molar-refractivity contribution >= 4 is 29.1 Å². The molecule has 2 aromatic rings. The molecule has 8 nitrogen and oxygen atoms in total. The van der Waals surface area contributed by atoms with Crippen LogP contribution in [0.4, 0.5) is 0 Å². The summed E-state index contributed by atoms with van der Waals surface area (Å²) in [6.45, 7) is 4.05. The molecule has 3 amide bonds. The number of amides is 3. The molecule has 2 aliphatic heterocycles. The summed E-state index contributed by atoms with van der Waals surface area (Å²) in [5, 5.41) is 4.83. The third-order valence-corrected chi connectivity index (χ3v) is 8.06. The van der Waals surface area contributed by atoms with Crippen LogP contribution in [0.15, 0.2) is 35.7 Å². The lowest BCUT2D eigenvalue weighted by Gasteiger charge is -2.39. The number of nitrogens with zero attached hydrogens (tertiary/aromatic N) is 2. The molecular formula is C26H33N3O5S. The molecule has 0 bridgehead atoms. The molecule has 3 heterocycles. The number of hydrogen-bond donors (Lipinski definition) is 1. The lowest BCUT2D eigenvalue weighted by atomic mass is 9.77. The minimum atomic E-state index is -0.552. The second-order valence-corrected chi connectivity index (χ2v) is 10.4. The maximum absolute atomic E-state index is 13.3. The highest BCUT2D eigenvalue weighted by atomic mass is 32.1. The Bertz CT molecular complexity index is 1060. The molecule has 2 saturated heterocycles. The molecule has 1 N–H and O–H groups in total. The number of piperidine rings is 1. The fourth-order valence-corrected chi connectivity index (χ4v) is 5.91. The highest BCUT2D eigenvalue weighted by Crippen LogP contribution is 2.41. The van der Waals surface area contributed by atoms with Gasteiger partial charge in [0.15, 0.2) is 0 Å². The van der Waals surface area contributed by atoms with E-state index in [1.54, 1.807) is 43.8 Å². The minimum absolute atomic E-state index is 0.00854. The van der Waals surface area contributed by atoms with Crippen LogP contribution in [0.5, 0.6) is 11.5 Å². The molecule has 1 unspecified atom stereocenters. The number of carbonyl (C=O) groups is 3. The third-order valence-electron chi connectivity index (χ3n) is 7.16. The highest BCUT2D eigenvalue weighted by molar-refractivity contribution is 7.09. The Morgan fingerprint density at radius 2 is 1.77 bits per heavy atom. The molecule has 0 saturated carbocycles. The van der Waals surface area contributed by atoms with Crippen LogP contribution in [0.2, 0.25) is 0 Å². The molecule has 4 rings (SSSR count). The van der Waals surface area contributed by atoms with Gasteiger partial charge in [-0.05, 0) is 54.3 Å². The van der Waals surface area contributed by atoms with Crippen LogP contribution in [-0.2, 0) is 16.0 Å². The Labute approximate surface area is 210 Å². The van der Waals surface area contributed by atoms with E-state index in [4.69, 9.17) is 9.47 Å². The van der Waals surface area contributed by atoms with Crippen molar-refractivity contribution in [3.05, 3.63) is 46.2 Å². The van der Waals surface area contributed by atoms with Gasteiger partial charge >= 0.3 is 0 Å². The normalized spacial score (nSPS) is 17.8. The van der Waals surface area contributed by atoms with E-state index in [1.807, 2.05) is 27.3 Å². The Morgan fingerprint density at radius 3 is 2.37 bits per heavy atom. The SMILES string of the molecule is COc1ccc(OC)c(C(=O)N2CCC3(CC2)CCN(C(=O)C(Cc2cccs2)NC(C)=O)C3)c1.